The number of amides is 2. The first-order valence-electron chi connectivity index (χ1n) is 11.3. The van der Waals surface area contributed by atoms with Crippen LogP contribution in [0.3, 0.4) is 0 Å². The fraction of sp³-hybridized carbons (Fsp3) is 0.478. The average molecular weight is 457 g/mol. The van der Waals surface area contributed by atoms with Gasteiger partial charge in [-0.1, -0.05) is 44.5 Å². The first-order valence-corrected chi connectivity index (χ1v) is 11.3. The molecule has 0 bridgehead atoms. The van der Waals surface area contributed by atoms with E-state index in [1.807, 2.05) is 38.1 Å². The van der Waals surface area contributed by atoms with Crippen molar-refractivity contribution >= 4 is 23.3 Å². The van der Waals surface area contributed by atoms with Gasteiger partial charge in [0.05, 0.1) is 12.6 Å². The fourth-order valence-corrected chi connectivity index (χ4v) is 4.24. The Hall–Kier alpha value is -3.40. The molecule has 1 atom stereocenters. The topological polar surface area (TPSA) is 148 Å². The second kappa shape index (κ2) is 10.5. The molecule has 1 aliphatic rings. The first kappa shape index (κ1) is 24.2. The first-order chi connectivity index (χ1) is 15.8. The number of aromatic amines is 1. The van der Waals surface area contributed by atoms with Gasteiger partial charge in [0.1, 0.15) is 5.82 Å². The number of nitrogens with zero attached hydrogens (tertiary/aromatic N) is 3. The van der Waals surface area contributed by atoms with Crippen LogP contribution < -0.4 is 27.6 Å². The molecule has 0 spiro atoms. The largest absolute Gasteiger partial charge is 0.383 e. The number of carbonyl (C=O) groups is 2. The van der Waals surface area contributed by atoms with Crippen LogP contribution in [-0.4, -0.2) is 45.4 Å². The molecule has 0 saturated carbocycles. The summed E-state index contributed by atoms with van der Waals surface area (Å²) in [5.74, 6) is -0.926. The molecule has 10 nitrogen and oxygen atoms in total. The van der Waals surface area contributed by atoms with Crippen molar-refractivity contribution in [3.05, 3.63) is 56.2 Å². The number of fused-ring (bicyclic) bond motifs is 1. The number of nitrogen functional groups attached to an aromatic ring is 1. The quantitative estimate of drug-likeness (QED) is 0.503. The molecule has 10 heteroatoms. The molecule has 0 aliphatic carbocycles. The average Bonchev–Trinajstić information content (AvgIpc) is 2.78. The summed E-state index contributed by atoms with van der Waals surface area (Å²) in [4.78, 5) is 56.0. The summed E-state index contributed by atoms with van der Waals surface area (Å²) in [5.41, 5.74) is 12.6. The minimum atomic E-state index is -0.704. The van der Waals surface area contributed by atoms with Gasteiger partial charge in [0.15, 0.2) is 5.69 Å². The van der Waals surface area contributed by atoms with Crippen LogP contribution >= 0.6 is 0 Å². The van der Waals surface area contributed by atoms with Gasteiger partial charge in [-0.05, 0) is 30.4 Å². The number of hydrogen-bond acceptors (Lipinski definition) is 6. The van der Waals surface area contributed by atoms with Crippen LogP contribution in [0.1, 0.15) is 44.2 Å². The number of rotatable bonds is 9. The third kappa shape index (κ3) is 5.16. The van der Waals surface area contributed by atoms with Crippen molar-refractivity contribution in [1.82, 2.24) is 14.5 Å². The summed E-state index contributed by atoms with van der Waals surface area (Å²) in [6.07, 6.45) is 2.47. The van der Waals surface area contributed by atoms with E-state index in [-0.39, 0.29) is 30.5 Å². The second-order valence-corrected chi connectivity index (χ2v) is 8.34. The Morgan fingerprint density at radius 2 is 1.85 bits per heavy atom. The number of unbranched alkanes of at least 4 members (excludes halogenated alkanes) is 1. The molecule has 1 aliphatic heterocycles. The van der Waals surface area contributed by atoms with Crippen molar-refractivity contribution in [3.8, 4) is 0 Å². The highest BCUT2D eigenvalue weighted by molar-refractivity contribution is 5.97. The van der Waals surface area contributed by atoms with Crippen LogP contribution in [0, 0.1) is 0 Å². The molecule has 33 heavy (non-hydrogen) atoms. The summed E-state index contributed by atoms with van der Waals surface area (Å²) in [5, 5.41) is 0. The zero-order chi connectivity index (χ0) is 24.1. The Balaban J connectivity index is 1.96. The highest BCUT2D eigenvalue weighted by Crippen LogP contribution is 2.24. The smallest absolute Gasteiger partial charge is 0.330 e. The summed E-state index contributed by atoms with van der Waals surface area (Å²) in [6.45, 7) is 4.71. The molecule has 178 valence electrons. The lowest BCUT2D eigenvalue weighted by Gasteiger charge is -2.36. The van der Waals surface area contributed by atoms with E-state index >= 15 is 0 Å². The van der Waals surface area contributed by atoms with E-state index in [1.54, 1.807) is 4.90 Å². The maximum Gasteiger partial charge on any atom is 0.330 e. The van der Waals surface area contributed by atoms with Crippen molar-refractivity contribution in [2.45, 2.75) is 58.7 Å². The zero-order valence-corrected chi connectivity index (χ0v) is 19.2. The van der Waals surface area contributed by atoms with Crippen LogP contribution in [0.5, 0.6) is 0 Å². The van der Waals surface area contributed by atoms with E-state index in [0.717, 1.165) is 17.5 Å². The van der Waals surface area contributed by atoms with Crippen LogP contribution in [0.4, 0.5) is 11.5 Å². The zero-order valence-electron chi connectivity index (χ0n) is 19.2. The molecule has 2 aromatic rings. The number of anilines is 2. The lowest BCUT2D eigenvalue weighted by molar-refractivity contribution is -0.126. The van der Waals surface area contributed by atoms with Gasteiger partial charge in [-0.15, -0.1) is 0 Å². The van der Waals surface area contributed by atoms with Gasteiger partial charge in [-0.25, -0.2) is 4.79 Å². The number of primary amides is 1. The highest BCUT2D eigenvalue weighted by Gasteiger charge is 2.33. The van der Waals surface area contributed by atoms with E-state index in [4.69, 9.17) is 11.5 Å². The maximum absolute atomic E-state index is 13.5. The molecule has 0 unspecified atom stereocenters. The van der Waals surface area contributed by atoms with Crippen molar-refractivity contribution in [1.29, 1.82) is 0 Å². The normalized spacial score (nSPS) is 15.8. The van der Waals surface area contributed by atoms with Gasteiger partial charge < -0.3 is 16.4 Å². The number of aromatic nitrogens is 2. The van der Waals surface area contributed by atoms with Gasteiger partial charge >= 0.3 is 5.69 Å². The highest BCUT2D eigenvalue weighted by atomic mass is 16.2. The van der Waals surface area contributed by atoms with Crippen molar-refractivity contribution in [2.75, 3.05) is 23.7 Å². The minimum Gasteiger partial charge on any atom is -0.383 e. The summed E-state index contributed by atoms with van der Waals surface area (Å²) in [7, 11) is 0. The van der Waals surface area contributed by atoms with E-state index in [9.17, 15) is 19.2 Å². The third-order valence-electron chi connectivity index (χ3n) is 5.98. The van der Waals surface area contributed by atoms with Crippen molar-refractivity contribution in [2.24, 2.45) is 5.73 Å². The molecule has 0 radical (unpaired) electrons. The van der Waals surface area contributed by atoms with Crippen molar-refractivity contribution < 1.29 is 9.59 Å². The van der Waals surface area contributed by atoms with E-state index < -0.39 is 23.2 Å². The number of nitrogens with two attached hydrogens (primary N) is 2. The summed E-state index contributed by atoms with van der Waals surface area (Å²) in [6, 6.07) is 7.09. The monoisotopic (exact) mass is 456 g/mol. The molecular weight excluding hydrogens is 424 g/mol. The Labute approximate surface area is 192 Å². The van der Waals surface area contributed by atoms with Gasteiger partial charge in [0, 0.05) is 19.6 Å². The molecule has 3 rings (SSSR count). The van der Waals surface area contributed by atoms with E-state index in [0.29, 0.717) is 32.4 Å². The standard InChI is InChI=1S/C23H32N6O4/c1-3-5-11-28(19-20(24)29(10-4-2)23(33)26-22(19)32)18(30)14-27-13-16-9-7-6-8-15(16)12-17(27)21(25)31/h6-9,17H,3-5,10-14,24H2,1-2H3,(H2,25,31)(H,26,32,33)/t17-/m0/s1. The Bertz CT molecular complexity index is 1140. The van der Waals surface area contributed by atoms with Gasteiger partial charge in [-0.2, -0.15) is 0 Å². The molecule has 0 saturated heterocycles. The Kier molecular flexibility index (Phi) is 7.70. The molecule has 1 aromatic heterocycles. The number of nitrogens with one attached hydrogen (secondary N) is 1. The predicted molar refractivity (Wildman–Crippen MR) is 127 cm³/mol. The second-order valence-electron chi connectivity index (χ2n) is 8.34. The summed E-state index contributed by atoms with van der Waals surface area (Å²) < 4.78 is 1.27. The molecule has 1 aromatic carbocycles. The molecule has 5 N–H and O–H groups in total. The SMILES string of the molecule is CCCCN(C(=O)CN1Cc2ccccc2C[C@H]1C(N)=O)c1c(N)n(CCC)c(=O)[nH]c1=O. The predicted octanol–water partition coefficient (Wildman–Crippen LogP) is 0.574. The lowest BCUT2D eigenvalue weighted by Crippen LogP contribution is -2.53. The van der Waals surface area contributed by atoms with E-state index in [1.165, 1.54) is 9.47 Å². The van der Waals surface area contributed by atoms with Crippen LogP contribution in [0.2, 0.25) is 0 Å². The van der Waals surface area contributed by atoms with Crippen LogP contribution in [0.25, 0.3) is 0 Å². The number of hydrogen-bond donors (Lipinski definition) is 3. The van der Waals surface area contributed by atoms with Gasteiger partial charge in [0.25, 0.3) is 5.56 Å². The molecule has 2 heterocycles. The maximum atomic E-state index is 13.5. The lowest BCUT2D eigenvalue weighted by atomic mass is 9.93. The fourth-order valence-electron chi connectivity index (χ4n) is 4.24. The number of carbonyl (C=O) groups excluding carboxylic acids is 2. The van der Waals surface area contributed by atoms with Crippen LogP contribution in [-0.2, 0) is 29.1 Å². The third-order valence-corrected chi connectivity index (χ3v) is 5.98. The van der Waals surface area contributed by atoms with Gasteiger partial charge in [-0.3, -0.25) is 28.8 Å². The molecular formula is C23H32N6O4. The number of H-pyrrole nitrogens is 1. The summed E-state index contributed by atoms with van der Waals surface area (Å²) >= 11 is 0. The number of benzene rings is 1. The van der Waals surface area contributed by atoms with Gasteiger partial charge in [0.2, 0.25) is 11.8 Å². The van der Waals surface area contributed by atoms with E-state index in [2.05, 4.69) is 4.98 Å². The molecule has 0 fully saturated rings. The van der Waals surface area contributed by atoms with Crippen LogP contribution in [0.15, 0.2) is 33.9 Å². The molecule has 2 amide bonds. The minimum absolute atomic E-state index is 0.0328. The van der Waals surface area contributed by atoms with Crippen molar-refractivity contribution in [3.63, 3.8) is 0 Å². The Morgan fingerprint density at radius 1 is 1.15 bits per heavy atom. The Morgan fingerprint density at radius 3 is 2.48 bits per heavy atom.